The van der Waals surface area contributed by atoms with Crippen LogP contribution in [0.2, 0.25) is 5.02 Å². The van der Waals surface area contributed by atoms with Gasteiger partial charge in [-0.05, 0) is 43.3 Å². The summed E-state index contributed by atoms with van der Waals surface area (Å²) in [6, 6.07) is 13.7. The minimum Gasteiger partial charge on any atom is -0.255 e. The third kappa shape index (κ3) is 3.80. The second kappa shape index (κ2) is 6.84. The maximum Gasteiger partial charge on any atom is 0.263 e. The van der Waals surface area contributed by atoms with Crippen LogP contribution in [0.4, 0.5) is 5.13 Å². The highest BCUT2D eigenvalue weighted by Gasteiger charge is 2.18. The normalized spacial score (nSPS) is 11.5. The Morgan fingerprint density at radius 3 is 2.33 bits per heavy atom. The van der Waals surface area contributed by atoms with Crippen LogP contribution in [0.1, 0.15) is 4.88 Å². The van der Waals surface area contributed by atoms with Gasteiger partial charge < -0.3 is 0 Å². The van der Waals surface area contributed by atoms with Crippen molar-refractivity contribution in [2.45, 2.75) is 11.8 Å². The monoisotopic (exact) mass is 442 g/mol. The predicted octanol–water partition coefficient (Wildman–Crippen LogP) is 5.34. The van der Waals surface area contributed by atoms with Gasteiger partial charge in [-0.1, -0.05) is 39.7 Å². The SMILES string of the molecule is Cc1sc(NS(=O)(=O)c2ccc(Cl)cc2)nc1-c1ccc(Br)cc1. The van der Waals surface area contributed by atoms with E-state index in [-0.39, 0.29) is 4.90 Å². The molecule has 0 aliphatic heterocycles. The number of hydrogen-bond donors (Lipinski definition) is 1. The third-order valence-corrected chi connectivity index (χ3v) is 6.41. The van der Waals surface area contributed by atoms with Crippen molar-refractivity contribution in [2.24, 2.45) is 0 Å². The molecule has 3 rings (SSSR count). The molecule has 0 atom stereocenters. The number of anilines is 1. The molecule has 1 aromatic heterocycles. The molecule has 0 bridgehead atoms. The van der Waals surface area contributed by atoms with Gasteiger partial charge in [0.2, 0.25) is 0 Å². The molecule has 0 spiro atoms. The highest BCUT2D eigenvalue weighted by atomic mass is 79.9. The number of benzene rings is 2. The number of thiazole rings is 1. The summed E-state index contributed by atoms with van der Waals surface area (Å²) in [5.41, 5.74) is 1.70. The van der Waals surface area contributed by atoms with Crippen LogP contribution >= 0.6 is 38.9 Å². The van der Waals surface area contributed by atoms with E-state index in [1.807, 2.05) is 31.2 Å². The quantitative estimate of drug-likeness (QED) is 0.592. The van der Waals surface area contributed by atoms with Gasteiger partial charge in [0.25, 0.3) is 10.0 Å². The standard InChI is InChI=1S/C16H12BrClN2O2S2/c1-10-15(11-2-4-12(17)5-3-11)19-16(23-10)20-24(21,22)14-8-6-13(18)7-9-14/h2-9H,1H3,(H,19,20). The van der Waals surface area contributed by atoms with Gasteiger partial charge in [0.05, 0.1) is 10.6 Å². The van der Waals surface area contributed by atoms with Crippen LogP contribution in [0, 0.1) is 6.92 Å². The largest absolute Gasteiger partial charge is 0.263 e. The molecular weight excluding hydrogens is 432 g/mol. The number of sulfonamides is 1. The lowest BCUT2D eigenvalue weighted by Gasteiger charge is -2.05. The van der Waals surface area contributed by atoms with Gasteiger partial charge in [0.1, 0.15) is 0 Å². The van der Waals surface area contributed by atoms with E-state index in [4.69, 9.17) is 11.6 Å². The first kappa shape index (κ1) is 17.4. The van der Waals surface area contributed by atoms with Crippen molar-refractivity contribution in [3.63, 3.8) is 0 Å². The Hall–Kier alpha value is -1.41. The van der Waals surface area contributed by atoms with Crippen LogP contribution in [0.15, 0.2) is 57.9 Å². The summed E-state index contributed by atoms with van der Waals surface area (Å²) in [5, 5.41) is 0.817. The van der Waals surface area contributed by atoms with Crippen LogP contribution in [0.5, 0.6) is 0 Å². The molecular formula is C16H12BrClN2O2S2. The Balaban J connectivity index is 1.90. The highest BCUT2D eigenvalue weighted by Crippen LogP contribution is 2.32. The van der Waals surface area contributed by atoms with Crippen molar-refractivity contribution >= 4 is 54.0 Å². The van der Waals surface area contributed by atoms with E-state index in [1.165, 1.54) is 35.6 Å². The fourth-order valence-electron chi connectivity index (χ4n) is 2.10. The fraction of sp³-hybridized carbons (Fsp3) is 0.0625. The van der Waals surface area contributed by atoms with Crippen LogP contribution in [0.25, 0.3) is 11.3 Å². The molecule has 0 unspecified atom stereocenters. The Kier molecular flexibility index (Phi) is 4.96. The Labute approximate surface area is 157 Å². The lowest BCUT2D eigenvalue weighted by atomic mass is 10.1. The molecule has 1 heterocycles. The maximum absolute atomic E-state index is 12.4. The van der Waals surface area contributed by atoms with Crippen LogP contribution < -0.4 is 4.72 Å². The van der Waals surface area contributed by atoms with Gasteiger partial charge in [-0.3, -0.25) is 4.72 Å². The van der Waals surface area contributed by atoms with Crippen molar-refractivity contribution in [2.75, 3.05) is 4.72 Å². The number of aryl methyl sites for hydroxylation is 1. The second-order valence-electron chi connectivity index (χ2n) is 4.99. The highest BCUT2D eigenvalue weighted by molar-refractivity contribution is 9.10. The summed E-state index contributed by atoms with van der Waals surface area (Å²) in [7, 11) is -3.69. The van der Waals surface area contributed by atoms with E-state index in [9.17, 15) is 8.42 Å². The minimum absolute atomic E-state index is 0.143. The molecule has 124 valence electrons. The molecule has 4 nitrogen and oxygen atoms in total. The number of halogens is 2. The van der Waals surface area contributed by atoms with Crippen molar-refractivity contribution in [3.8, 4) is 11.3 Å². The van der Waals surface area contributed by atoms with Gasteiger partial charge in [-0.15, -0.1) is 11.3 Å². The number of nitrogens with one attached hydrogen (secondary N) is 1. The van der Waals surface area contributed by atoms with E-state index in [2.05, 4.69) is 25.6 Å². The van der Waals surface area contributed by atoms with Gasteiger partial charge in [-0.2, -0.15) is 0 Å². The second-order valence-corrected chi connectivity index (χ2v) is 9.23. The summed E-state index contributed by atoms with van der Waals surface area (Å²) in [6.07, 6.45) is 0. The molecule has 0 radical (unpaired) electrons. The van der Waals surface area contributed by atoms with Crippen molar-refractivity contribution in [1.29, 1.82) is 0 Å². The number of rotatable bonds is 4. The van der Waals surface area contributed by atoms with E-state index < -0.39 is 10.0 Å². The first-order chi connectivity index (χ1) is 11.3. The molecule has 1 N–H and O–H groups in total. The fourth-order valence-corrected chi connectivity index (χ4v) is 4.56. The van der Waals surface area contributed by atoms with Crippen LogP contribution in [-0.4, -0.2) is 13.4 Å². The van der Waals surface area contributed by atoms with Crippen molar-refractivity contribution in [1.82, 2.24) is 4.98 Å². The molecule has 8 heteroatoms. The van der Waals surface area contributed by atoms with Gasteiger partial charge in [0.15, 0.2) is 5.13 Å². The summed E-state index contributed by atoms with van der Waals surface area (Å²) < 4.78 is 28.3. The molecule has 0 aliphatic rings. The van der Waals surface area contributed by atoms with Gasteiger partial charge >= 0.3 is 0 Å². The van der Waals surface area contributed by atoms with E-state index in [0.29, 0.717) is 10.2 Å². The average Bonchev–Trinajstić information content (AvgIpc) is 2.88. The lowest BCUT2D eigenvalue weighted by molar-refractivity contribution is 0.601. The zero-order chi connectivity index (χ0) is 17.3. The van der Waals surface area contributed by atoms with Crippen LogP contribution in [-0.2, 0) is 10.0 Å². The predicted molar refractivity (Wildman–Crippen MR) is 102 cm³/mol. The molecule has 0 aliphatic carbocycles. The Bertz CT molecular complexity index is 968. The number of aromatic nitrogens is 1. The van der Waals surface area contributed by atoms with Crippen molar-refractivity contribution < 1.29 is 8.42 Å². The van der Waals surface area contributed by atoms with Crippen molar-refractivity contribution in [3.05, 3.63) is 62.9 Å². The maximum atomic E-state index is 12.4. The summed E-state index contributed by atoms with van der Waals surface area (Å²) in [5.74, 6) is 0. The summed E-state index contributed by atoms with van der Waals surface area (Å²) in [6.45, 7) is 1.91. The summed E-state index contributed by atoms with van der Waals surface area (Å²) in [4.78, 5) is 5.50. The third-order valence-electron chi connectivity index (χ3n) is 3.26. The topological polar surface area (TPSA) is 59.1 Å². The Morgan fingerprint density at radius 1 is 1.08 bits per heavy atom. The van der Waals surface area contributed by atoms with Gasteiger partial charge in [0, 0.05) is 19.9 Å². The average molecular weight is 444 g/mol. The Morgan fingerprint density at radius 2 is 1.71 bits per heavy atom. The molecule has 3 aromatic rings. The molecule has 24 heavy (non-hydrogen) atoms. The number of nitrogens with zero attached hydrogens (tertiary/aromatic N) is 1. The van der Waals surface area contributed by atoms with E-state index in [1.54, 1.807) is 0 Å². The zero-order valence-corrected chi connectivity index (χ0v) is 16.4. The first-order valence-electron chi connectivity index (χ1n) is 6.87. The number of hydrogen-bond acceptors (Lipinski definition) is 4. The zero-order valence-electron chi connectivity index (χ0n) is 12.5. The van der Waals surface area contributed by atoms with E-state index in [0.717, 1.165) is 20.6 Å². The molecule has 0 saturated heterocycles. The smallest absolute Gasteiger partial charge is 0.255 e. The molecule has 0 saturated carbocycles. The van der Waals surface area contributed by atoms with Gasteiger partial charge in [-0.25, -0.2) is 13.4 Å². The summed E-state index contributed by atoms with van der Waals surface area (Å²) >= 11 is 10.5. The first-order valence-corrected chi connectivity index (χ1v) is 10.3. The minimum atomic E-state index is -3.69. The molecule has 2 aromatic carbocycles. The molecule has 0 amide bonds. The lowest BCUT2D eigenvalue weighted by Crippen LogP contribution is -2.12. The van der Waals surface area contributed by atoms with E-state index >= 15 is 0 Å². The molecule has 0 fully saturated rings. The van der Waals surface area contributed by atoms with Crippen LogP contribution in [0.3, 0.4) is 0 Å².